The van der Waals surface area contributed by atoms with E-state index in [1.165, 1.54) is 6.07 Å². The van der Waals surface area contributed by atoms with Crippen molar-refractivity contribution < 1.29 is 41.9 Å². The number of carbonyl (C=O) groups is 4. The predicted octanol–water partition coefficient (Wildman–Crippen LogP) is 5.99. The Hall–Kier alpha value is -5.26. The predicted molar refractivity (Wildman–Crippen MR) is 218 cm³/mol. The minimum atomic E-state index is -4.78. The van der Waals surface area contributed by atoms with E-state index in [2.05, 4.69) is 15.5 Å². The van der Waals surface area contributed by atoms with Gasteiger partial charge >= 0.3 is 24.4 Å². The minimum absolute atomic E-state index is 0.100. The van der Waals surface area contributed by atoms with Crippen molar-refractivity contribution in [1.29, 1.82) is 0 Å². The molecule has 4 N–H and O–H groups in total. The number of urea groups is 2. The summed E-state index contributed by atoms with van der Waals surface area (Å²) >= 11 is 6.16. The highest BCUT2D eigenvalue weighted by Gasteiger charge is 2.38. The molecule has 5 amide bonds. The number of carbonyl (C=O) groups excluding carboxylic acids is 4. The SMILES string of the molecule is Nc1c(Cl)cc(C[C@@H](NC(=O)N2CCC(N3CCc4ccccc4NC3=O)CC2)C(=O)N2CCC(N3CCN(OC(=O)OCc4ccccc4)CC3)CC2)cc1C(F)(F)F. The van der Waals surface area contributed by atoms with Crippen LogP contribution in [0.5, 0.6) is 0 Å². The fourth-order valence-electron chi connectivity index (χ4n) is 8.50. The van der Waals surface area contributed by atoms with E-state index in [9.17, 15) is 32.3 Å². The Bertz CT molecular complexity index is 2000. The number of nitrogens with zero attached hydrogens (tertiary/aromatic N) is 5. The first-order valence-corrected chi connectivity index (χ1v) is 20.7. The molecule has 0 unspecified atom stereocenters. The van der Waals surface area contributed by atoms with E-state index in [-0.39, 0.29) is 41.7 Å². The summed E-state index contributed by atoms with van der Waals surface area (Å²) in [6.45, 7) is 4.27. The Balaban J connectivity index is 0.944. The normalized spacial score (nSPS) is 19.2. The highest BCUT2D eigenvalue weighted by molar-refractivity contribution is 6.33. The topological polar surface area (TPSA) is 153 Å². The average Bonchev–Trinajstić information content (AvgIpc) is 3.42. The molecule has 3 fully saturated rings. The number of anilines is 2. The highest BCUT2D eigenvalue weighted by Crippen LogP contribution is 2.38. The number of piperazine rings is 1. The quantitative estimate of drug-likeness (QED) is 0.174. The summed E-state index contributed by atoms with van der Waals surface area (Å²) in [6.07, 6.45) is -2.78. The molecule has 0 spiro atoms. The van der Waals surface area contributed by atoms with Gasteiger partial charge in [-0.1, -0.05) is 60.1 Å². The van der Waals surface area contributed by atoms with Crippen molar-refractivity contribution in [2.75, 3.05) is 70.0 Å². The van der Waals surface area contributed by atoms with Crippen LogP contribution in [0.4, 0.5) is 38.9 Å². The lowest BCUT2D eigenvalue weighted by atomic mass is 9.98. The molecule has 3 saturated heterocycles. The van der Waals surface area contributed by atoms with Gasteiger partial charge < -0.3 is 40.6 Å². The zero-order valence-electron chi connectivity index (χ0n) is 33.2. The van der Waals surface area contributed by atoms with Gasteiger partial charge in [0.05, 0.1) is 16.3 Å². The van der Waals surface area contributed by atoms with Crippen LogP contribution in [-0.2, 0) is 40.0 Å². The van der Waals surface area contributed by atoms with Gasteiger partial charge in [0.15, 0.2) is 0 Å². The van der Waals surface area contributed by atoms with Crippen molar-refractivity contribution in [3.63, 3.8) is 0 Å². The number of para-hydroxylation sites is 1. The van der Waals surface area contributed by atoms with E-state index in [0.29, 0.717) is 91.0 Å². The molecule has 18 heteroatoms. The standard InChI is InChI=1S/C42H50ClF3N8O6/c43-34-25-29(24-33(37(34)47)42(44,45)46)26-36(49-39(56)52-17-13-32(14-18-52)54-19-10-30-8-4-5-9-35(30)48-40(54)57)38(55)51-15-11-31(12-16-51)50-20-22-53(23-21-50)60-41(58)59-27-28-6-2-1-3-7-28/h1-9,24-25,31-32,36H,10-23,26-27,47H2,(H,48,57)(H,49,56)/t36-/m1/s1. The number of hydrogen-bond acceptors (Lipinski definition) is 9. The largest absolute Gasteiger partial charge is 0.528 e. The molecule has 0 bridgehead atoms. The summed E-state index contributed by atoms with van der Waals surface area (Å²) in [5.74, 6) is -0.411. The number of fused-ring (bicyclic) bond motifs is 1. The monoisotopic (exact) mass is 854 g/mol. The number of hydrogen-bond donors (Lipinski definition) is 3. The van der Waals surface area contributed by atoms with E-state index >= 15 is 0 Å². The van der Waals surface area contributed by atoms with E-state index < -0.39 is 41.6 Å². The molecule has 60 heavy (non-hydrogen) atoms. The third kappa shape index (κ3) is 10.5. The molecule has 3 aromatic carbocycles. The van der Waals surface area contributed by atoms with E-state index in [1.54, 1.807) is 14.9 Å². The lowest BCUT2D eigenvalue weighted by molar-refractivity contribution is -0.152. The zero-order chi connectivity index (χ0) is 42.4. The van der Waals surface area contributed by atoms with Crippen LogP contribution in [-0.4, -0.2) is 126 Å². The maximum Gasteiger partial charge on any atom is 0.528 e. The maximum atomic E-state index is 14.2. The van der Waals surface area contributed by atoms with E-state index in [4.69, 9.17) is 26.9 Å². The molecule has 4 heterocycles. The van der Waals surface area contributed by atoms with Crippen LogP contribution in [0.3, 0.4) is 0 Å². The number of amides is 5. The molecule has 0 radical (unpaired) electrons. The first kappa shape index (κ1) is 42.8. The first-order valence-electron chi connectivity index (χ1n) is 20.3. The molecule has 322 valence electrons. The average molecular weight is 855 g/mol. The van der Waals surface area contributed by atoms with Crippen LogP contribution in [0.1, 0.15) is 47.9 Å². The lowest BCUT2D eigenvalue weighted by Gasteiger charge is -2.42. The number of nitrogens with two attached hydrogens (primary N) is 1. The molecular weight excluding hydrogens is 805 g/mol. The van der Waals surface area contributed by atoms with E-state index in [0.717, 1.165) is 22.9 Å². The minimum Gasteiger partial charge on any atom is -0.428 e. The van der Waals surface area contributed by atoms with Gasteiger partial charge in [0.1, 0.15) is 12.6 Å². The maximum absolute atomic E-state index is 14.2. The third-order valence-electron chi connectivity index (χ3n) is 11.8. The molecule has 3 aromatic rings. The lowest BCUT2D eigenvalue weighted by Crippen LogP contribution is -2.58. The number of rotatable bonds is 9. The Kier molecular flexibility index (Phi) is 13.6. The summed E-state index contributed by atoms with van der Waals surface area (Å²) < 4.78 is 47.0. The van der Waals surface area contributed by atoms with Crippen molar-refractivity contribution in [2.45, 2.75) is 69.4 Å². The summed E-state index contributed by atoms with van der Waals surface area (Å²) in [5, 5.41) is 7.12. The molecular formula is C42H50ClF3N8O6. The second-order valence-electron chi connectivity index (χ2n) is 15.6. The Morgan fingerprint density at radius 1 is 0.833 bits per heavy atom. The number of halogens is 4. The van der Waals surface area contributed by atoms with Crippen LogP contribution in [0.2, 0.25) is 5.02 Å². The number of nitrogens with one attached hydrogen (secondary N) is 2. The van der Waals surface area contributed by atoms with E-state index in [1.807, 2.05) is 59.5 Å². The number of piperidine rings is 2. The molecule has 7 rings (SSSR count). The van der Waals surface area contributed by atoms with Crippen molar-refractivity contribution in [3.05, 3.63) is 94.0 Å². The van der Waals surface area contributed by atoms with Gasteiger partial charge in [-0.2, -0.15) is 13.2 Å². The van der Waals surface area contributed by atoms with Crippen LogP contribution in [0.15, 0.2) is 66.7 Å². The van der Waals surface area contributed by atoms with Gasteiger partial charge in [-0.25, -0.2) is 14.4 Å². The second-order valence-corrected chi connectivity index (χ2v) is 16.0. The number of benzene rings is 3. The highest BCUT2D eigenvalue weighted by atomic mass is 35.5. The number of likely N-dealkylation sites (tertiary alicyclic amines) is 2. The number of hydroxylamine groups is 2. The second kappa shape index (κ2) is 19.0. The fourth-order valence-corrected chi connectivity index (χ4v) is 8.74. The van der Waals surface area contributed by atoms with Crippen LogP contribution in [0.25, 0.3) is 0 Å². The molecule has 4 aliphatic rings. The van der Waals surface area contributed by atoms with Crippen molar-refractivity contribution in [2.24, 2.45) is 0 Å². The first-order chi connectivity index (χ1) is 28.8. The van der Waals surface area contributed by atoms with Gasteiger partial charge in [0.2, 0.25) is 5.91 Å². The van der Waals surface area contributed by atoms with Gasteiger partial charge in [0, 0.05) is 83.1 Å². The zero-order valence-corrected chi connectivity index (χ0v) is 33.9. The number of ether oxygens (including phenoxy) is 1. The molecule has 14 nitrogen and oxygen atoms in total. The number of alkyl halides is 3. The van der Waals surface area contributed by atoms with Gasteiger partial charge in [0.25, 0.3) is 0 Å². The van der Waals surface area contributed by atoms with Gasteiger partial charge in [-0.3, -0.25) is 9.69 Å². The van der Waals surface area contributed by atoms with Gasteiger partial charge in [-0.05, 0) is 67.0 Å². The Labute approximate surface area is 351 Å². The molecule has 0 aliphatic carbocycles. The number of nitrogen functional groups attached to an aromatic ring is 1. The van der Waals surface area contributed by atoms with Crippen LogP contribution in [0, 0.1) is 0 Å². The summed E-state index contributed by atoms with van der Waals surface area (Å²) in [4.78, 5) is 66.2. The summed E-state index contributed by atoms with van der Waals surface area (Å²) in [5.41, 5.74) is 6.78. The molecule has 0 saturated carbocycles. The third-order valence-corrected chi connectivity index (χ3v) is 12.1. The smallest absolute Gasteiger partial charge is 0.428 e. The molecule has 0 aromatic heterocycles. The Morgan fingerprint density at radius 3 is 2.18 bits per heavy atom. The molecule has 4 aliphatic heterocycles. The van der Waals surface area contributed by atoms with Crippen LogP contribution >= 0.6 is 11.6 Å². The van der Waals surface area contributed by atoms with Crippen molar-refractivity contribution in [3.8, 4) is 0 Å². The summed E-state index contributed by atoms with van der Waals surface area (Å²) in [7, 11) is 0. The Morgan fingerprint density at radius 2 is 1.48 bits per heavy atom. The molecule has 1 atom stereocenters. The fraction of sp³-hybridized carbons (Fsp3) is 0.476. The van der Waals surface area contributed by atoms with Gasteiger partial charge in [-0.15, -0.1) is 5.06 Å². The van der Waals surface area contributed by atoms with Crippen LogP contribution < -0.4 is 16.4 Å². The van der Waals surface area contributed by atoms with Crippen molar-refractivity contribution in [1.82, 2.24) is 30.0 Å². The van der Waals surface area contributed by atoms with Crippen molar-refractivity contribution >= 4 is 47.1 Å². The summed E-state index contributed by atoms with van der Waals surface area (Å²) in [6, 6.07) is 17.3.